The summed E-state index contributed by atoms with van der Waals surface area (Å²) >= 11 is 1.48. The van der Waals surface area contributed by atoms with Gasteiger partial charge >= 0.3 is 0 Å². The maximum absolute atomic E-state index is 9.02. The van der Waals surface area contributed by atoms with Gasteiger partial charge in [-0.25, -0.2) is 4.98 Å². The highest BCUT2D eigenvalue weighted by atomic mass is 32.2. The van der Waals surface area contributed by atoms with Gasteiger partial charge in [-0.15, -0.1) is 0 Å². The number of hydrogen-bond acceptors (Lipinski definition) is 2. The van der Waals surface area contributed by atoms with Crippen LogP contribution in [0.3, 0.4) is 0 Å². The summed E-state index contributed by atoms with van der Waals surface area (Å²) in [5.41, 5.74) is 3.38. The van der Waals surface area contributed by atoms with Crippen LogP contribution < -0.4 is 20.7 Å². The molecule has 9 aromatic rings. The minimum atomic E-state index is -3.34. The summed E-state index contributed by atoms with van der Waals surface area (Å²) in [7, 11) is -3.34. The third-order valence-electron chi connectivity index (χ3n) is 10.4. The lowest BCUT2D eigenvalue weighted by Gasteiger charge is -2.40. The second-order valence-electron chi connectivity index (χ2n) is 13.1. The van der Waals surface area contributed by atoms with E-state index in [1.165, 1.54) is 11.8 Å². The fourth-order valence-electron chi connectivity index (χ4n) is 8.17. The van der Waals surface area contributed by atoms with E-state index in [2.05, 4.69) is 81.8 Å². The molecule has 1 aliphatic rings. The van der Waals surface area contributed by atoms with Gasteiger partial charge in [-0.1, -0.05) is 159 Å². The van der Waals surface area contributed by atoms with Crippen LogP contribution in [0.5, 0.6) is 0 Å². The summed E-state index contributed by atoms with van der Waals surface area (Å²) in [5, 5.41) is 4.21. The van der Waals surface area contributed by atoms with Crippen LogP contribution in [0.4, 0.5) is 0 Å². The van der Waals surface area contributed by atoms with Crippen LogP contribution >= 0.6 is 11.8 Å². The smallest absolute Gasteiger partial charge is 0.220 e. The Labute approximate surface area is 311 Å². The molecule has 3 heterocycles. The number of rotatable bonds is 5. The Morgan fingerprint density at radius 2 is 1.14 bits per heavy atom. The number of fused-ring (bicyclic) bond motifs is 7. The summed E-state index contributed by atoms with van der Waals surface area (Å²) in [6.07, 6.45) is 0. The minimum Gasteiger partial charge on any atom is -0.278 e. The summed E-state index contributed by atoms with van der Waals surface area (Å²) < 4.78 is 58.5. The van der Waals surface area contributed by atoms with Crippen molar-refractivity contribution >= 4 is 68.4 Å². The average Bonchev–Trinajstić information content (AvgIpc) is 3.75. The van der Waals surface area contributed by atoms with Crippen molar-refractivity contribution in [2.45, 2.75) is 28.9 Å². The van der Waals surface area contributed by atoms with Gasteiger partial charge in [0.05, 0.1) is 22.1 Å². The zero-order chi connectivity index (χ0) is 39.2. The molecule has 51 heavy (non-hydrogen) atoms. The molecule has 0 saturated heterocycles. The van der Waals surface area contributed by atoms with Gasteiger partial charge in [-0.05, 0) is 74.3 Å². The lowest BCUT2D eigenvalue weighted by atomic mass is 9.78. The van der Waals surface area contributed by atoms with Crippen LogP contribution in [-0.2, 0) is 5.41 Å². The summed E-state index contributed by atoms with van der Waals surface area (Å²) in [6, 6.07) is 58.9. The third-order valence-corrected chi connectivity index (χ3v) is 16.6. The predicted molar refractivity (Wildman–Crippen MR) is 216 cm³/mol. The van der Waals surface area contributed by atoms with Crippen molar-refractivity contribution in [3.8, 4) is 5.69 Å². The monoisotopic (exact) mass is 695 g/mol. The minimum absolute atomic E-state index is 0.313. The van der Waals surface area contributed by atoms with Gasteiger partial charge < -0.3 is 0 Å². The summed E-state index contributed by atoms with van der Waals surface area (Å²) in [4.78, 5) is 6.43. The normalized spacial score (nSPS) is 16.0. The van der Waals surface area contributed by atoms with Crippen molar-refractivity contribution in [2.24, 2.45) is 0 Å². The van der Waals surface area contributed by atoms with Crippen LogP contribution in [0.15, 0.2) is 186 Å². The number of imidazole rings is 2. The molecule has 2 aromatic heterocycles. The van der Waals surface area contributed by atoms with Crippen molar-refractivity contribution in [1.29, 1.82) is 0 Å². The van der Waals surface area contributed by atoms with Gasteiger partial charge in [-0.3, -0.25) is 8.97 Å². The molecule has 0 bridgehead atoms. The van der Waals surface area contributed by atoms with E-state index in [-0.39, 0.29) is 0 Å². The molecule has 1 aliphatic heterocycles. The van der Waals surface area contributed by atoms with Crippen molar-refractivity contribution in [2.75, 3.05) is 0 Å². The Kier molecular flexibility index (Phi) is 5.51. The highest BCUT2D eigenvalue weighted by molar-refractivity contribution is 7.99. The summed E-state index contributed by atoms with van der Waals surface area (Å²) in [6.45, 7) is -5.78. The number of hydrogen-bond donors (Lipinski definition) is 0. The number of nitrogens with zero attached hydrogens (tertiary/aromatic N) is 3. The van der Waals surface area contributed by atoms with Gasteiger partial charge in [0.25, 0.3) is 0 Å². The largest absolute Gasteiger partial charge is 0.278 e. The van der Waals surface area contributed by atoms with Crippen LogP contribution in [0.2, 0.25) is 0 Å². The van der Waals surface area contributed by atoms with E-state index < -0.39 is 27.2 Å². The molecular formula is C46H35N3SSi. The first kappa shape index (κ1) is 24.5. The molecular weight excluding hydrogens is 655 g/mol. The van der Waals surface area contributed by atoms with Gasteiger partial charge in [-0.2, -0.15) is 0 Å². The highest BCUT2D eigenvalue weighted by Crippen LogP contribution is 2.48. The predicted octanol–water partition coefficient (Wildman–Crippen LogP) is 8.60. The molecule has 0 spiro atoms. The SMILES string of the molecule is [2H]C([2H])([2H])C1(C([2H])([2H])[2H])c2ccccc2Sc2c1cccc2[Si](c1ccccc1)(c1ccccc1)c1ccc(-n2c3ccccc3n3c4ccccc4nc23)cc1. The van der Waals surface area contributed by atoms with Gasteiger partial charge in [0, 0.05) is 29.1 Å². The molecule has 5 heteroatoms. The Morgan fingerprint density at radius 1 is 0.549 bits per heavy atom. The Bertz CT molecular complexity index is 2920. The van der Waals surface area contributed by atoms with Crippen molar-refractivity contribution in [1.82, 2.24) is 14.0 Å². The first-order chi connectivity index (χ1) is 27.6. The van der Waals surface area contributed by atoms with Gasteiger partial charge in [0.2, 0.25) is 5.78 Å². The van der Waals surface area contributed by atoms with Crippen LogP contribution in [0, 0.1) is 0 Å². The number of para-hydroxylation sites is 4. The van der Waals surface area contributed by atoms with Gasteiger partial charge in [0.1, 0.15) is 0 Å². The van der Waals surface area contributed by atoms with E-state index in [9.17, 15) is 0 Å². The van der Waals surface area contributed by atoms with E-state index >= 15 is 0 Å². The quantitative estimate of drug-likeness (QED) is 0.133. The van der Waals surface area contributed by atoms with Crippen molar-refractivity contribution < 1.29 is 8.22 Å². The third kappa shape index (κ3) is 4.35. The molecule has 0 amide bonds. The first-order valence-corrected chi connectivity index (χ1v) is 19.9. The molecule has 0 unspecified atom stereocenters. The molecule has 0 atom stereocenters. The van der Waals surface area contributed by atoms with Crippen LogP contribution in [0.1, 0.15) is 33.1 Å². The standard InChI is InChI=1S/C46H35N3SSi/c1-46(2)36-20-9-14-26-42(36)50-44-37(46)21-15-27-43(44)51(33-16-5-3-6-17-33,34-18-7-4-8-19-34)35-30-28-32(29-31-35)48-40-24-12-13-25-41(40)49-39-23-11-10-22-38(39)47-45(48)49/h3-31H,1-2H3/i1D3,2D3. The maximum atomic E-state index is 9.02. The van der Waals surface area contributed by atoms with Crippen molar-refractivity contribution in [3.05, 3.63) is 187 Å². The van der Waals surface area contributed by atoms with E-state index in [1.54, 1.807) is 18.2 Å². The Morgan fingerprint density at radius 3 is 1.86 bits per heavy atom. The Balaban J connectivity index is 1.28. The average molecular weight is 696 g/mol. The Hall–Kier alpha value is -5.62. The number of benzene rings is 7. The highest BCUT2D eigenvalue weighted by Gasteiger charge is 2.45. The molecule has 0 saturated carbocycles. The van der Waals surface area contributed by atoms with Crippen LogP contribution in [0.25, 0.3) is 33.5 Å². The molecule has 7 aromatic carbocycles. The topological polar surface area (TPSA) is 22.2 Å². The molecule has 244 valence electrons. The van der Waals surface area contributed by atoms with E-state index in [0.29, 0.717) is 20.9 Å². The molecule has 3 nitrogen and oxygen atoms in total. The molecule has 0 radical (unpaired) electrons. The fraction of sp³-hybridized carbons (Fsp3) is 0.0652. The van der Waals surface area contributed by atoms with E-state index in [4.69, 9.17) is 13.2 Å². The van der Waals surface area contributed by atoms with Crippen molar-refractivity contribution in [3.63, 3.8) is 0 Å². The van der Waals surface area contributed by atoms with Gasteiger partial charge in [0.15, 0.2) is 8.07 Å². The zero-order valence-corrected chi connectivity index (χ0v) is 29.3. The van der Waals surface area contributed by atoms with E-state index in [1.807, 2.05) is 84.9 Å². The van der Waals surface area contributed by atoms with Crippen LogP contribution in [-0.4, -0.2) is 22.0 Å². The zero-order valence-electron chi connectivity index (χ0n) is 33.5. The molecule has 10 rings (SSSR count). The fourth-order valence-corrected chi connectivity index (χ4v) is 14.8. The lowest BCUT2D eigenvalue weighted by molar-refractivity contribution is 0.608. The van der Waals surface area contributed by atoms with E-state index in [0.717, 1.165) is 54.3 Å². The lowest BCUT2D eigenvalue weighted by Crippen LogP contribution is -2.75. The first-order valence-electron chi connectivity index (χ1n) is 20.1. The second kappa shape index (κ2) is 11.5. The second-order valence-corrected chi connectivity index (χ2v) is 17.9. The molecule has 0 N–H and O–H groups in total. The number of aromatic nitrogens is 3. The summed E-state index contributed by atoms with van der Waals surface area (Å²) in [5.74, 6) is 0.817. The molecule has 0 aliphatic carbocycles. The molecule has 0 fully saturated rings. The maximum Gasteiger partial charge on any atom is 0.220 e.